The molecule has 2 aromatic rings. The normalized spacial score (nSPS) is 10.3. The van der Waals surface area contributed by atoms with E-state index in [0.717, 1.165) is 17.0 Å². The highest BCUT2D eigenvalue weighted by atomic mass is 35.5. The molecule has 1 N–H and O–H groups in total. The number of carbonyl (C=O) groups excluding carboxylic acids is 1. The molecule has 0 aliphatic rings. The summed E-state index contributed by atoms with van der Waals surface area (Å²) in [6.45, 7) is 0. The lowest BCUT2D eigenvalue weighted by molar-refractivity contribution is -0.113. The summed E-state index contributed by atoms with van der Waals surface area (Å²) >= 11 is 7.20. The highest BCUT2D eigenvalue weighted by Crippen LogP contribution is 2.26. The molecule has 2 aromatic carbocycles. The standard InChI is InChI=1S/C14H10ClF2NOS/c15-10-3-1-2-4-13(10)20-8-14(19)18-12-6-5-9(16)7-11(12)17/h1-7H,8H2,(H,18,19). The van der Waals surface area contributed by atoms with E-state index >= 15 is 0 Å². The van der Waals surface area contributed by atoms with Crippen LogP contribution in [0.4, 0.5) is 14.5 Å². The first-order valence-corrected chi connectivity index (χ1v) is 7.05. The molecule has 0 bridgehead atoms. The van der Waals surface area contributed by atoms with Gasteiger partial charge in [0.05, 0.1) is 16.5 Å². The predicted octanol–water partition coefficient (Wildman–Crippen LogP) is 4.35. The number of benzene rings is 2. The van der Waals surface area contributed by atoms with E-state index in [1.165, 1.54) is 17.8 Å². The van der Waals surface area contributed by atoms with Crippen LogP contribution in [0.3, 0.4) is 0 Å². The number of hydrogen-bond donors (Lipinski definition) is 1. The second-order valence-corrected chi connectivity index (χ2v) is 5.32. The number of nitrogens with one attached hydrogen (secondary N) is 1. The van der Waals surface area contributed by atoms with Gasteiger partial charge in [-0.15, -0.1) is 11.8 Å². The lowest BCUT2D eigenvalue weighted by atomic mass is 10.3. The van der Waals surface area contributed by atoms with Crippen molar-refractivity contribution in [3.05, 3.63) is 59.1 Å². The predicted molar refractivity (Wildman–Crippen MR) is 77.2 cm³/mol. The van der Waals surface area contributed by atoms with Crippen molar-refractivity contribution in [1.82, 2.24) is 0 Å². The van der Waals surface area contributed by atoms with Crippen molar-refractivity contribution in [2.45, 2.75) is 4.90 Å². The van der Waals surface area contributed by atoms with Gasteiger partial charge in [0.1, 0.15) is 11.6 Å². The van der Waals surface area contributed by atoms with Crippen LogP contribution < -0.4 is 5.32 Å². The minimum absolute atomic E-state index is 0.0452. The number of thioether (sulfide) groups is 1. The van der Waals surface area contributed by atoms with Gasteiger partial charge in [0, 0.05) is 11.0 Å². The van der Waals surface area contributed by atoms with Crippen molar-refractivity contribution in [3.63, 3.8) is 0 Å². The highest BCUT2D eigenvalue weighted by Gasteiger charge is 2.09. The Morgan fingerprint density at radius 2 is 1.95 bits per heavy atom. The molecule has 0 spiro atoms. The fourth-order valence-corrected chi connectivity index (χ4v) is 2.52. The second-order valence-electron chi connectivity index (χ2n) is 3.89. The van der Waals surface area contributed by atoms with Crippen molar-refractivity contribution in [3.8, 4) is 0 Å². The largest absolute Gasteiger partial charge is 0.323 e. The Morgan fingerprint density at radius 1 is 1.20 bits per heavy atom. The molecule has 0 aliphatic carbocycles. The van der Waals surface area contributed by atoms with Gasteiger partial charge < -0.3 is 5.32 Å². The van der Waals surface area contributed by atoms with Crippen LogP contribution in [0.25, 0.3) is 0 Å². The monoisotopic (exact) mass is 313 g/mol. The highest BCUT2D eigenvalue weighted by molar-refractivity contribution is 8.00. The van der Waals surface area contributed by atoms with Gasteiger partial charge >= 0.3 is 0 Å². The van der Waals surface area contributed by atoms with Crippen molar-refractivity contribution in [2.24, 2.45) is 0 Å². The molecule has 0 fully saturated rings. The fraction of sp³-hybridized carbons (Fsp3) is 0.0714. The topological polar surface area (TPSA) is 29.1 Å². The SMILES string of the molecule is O=C(CSc1ccccc1Cl)Nc1ccc(F)cc1F. The number of amides is 1. The summed E-state index contributed by atoms with van der Waals surface area (Å²) in [7, 11) is 0. The number of rotatable bonds is 4. The molecule has 20 heavy (non-hydrogen) atoms. The molecule has 0 aliphatic heterocycles. The zero-order valence-corrected chi connectivity index (χ0v) is 11.8. The smallest absolute Gasteiger partial charge is 0.234 e. The molecule has 2 nitrogen and oxygen atoms in total. The average Bonchev–Trinajstić information content (AvgIpc) is 2.41. The first-order valence-electron chi connectivity index (χ1n) is 5.68. The van der Waals surface area contributed by atoms with Crippen LogP contribution in [0.15, 0.2) is 47.4 Å². The fourth-order valence-electron chi connectivity index (χ4n) is 1.48. The maximum Gasteiger partial charge on any atom is 0.234 e. The average molecular weight is 314 g/mol. The lowest BCUT2D eigenvalue weighted by Gasteiger charge is -2.07. The molecule has 104 valence electrons. The number of carbonyl (C=O) groups is 1. The molecule has 1 amide bonds. The quantitative estimate of drug-likeness (QED) is 0.850. The summed E-state index contributed by atoms with van der Waals surface area (Å²) in [5.74, 6) is -1.80. The maximum atomic E-state index is 13.4. The van der Waals surface area contributed by atoms with Gasteiger partial charge in [0.2, 0.25) is 5.91 Å². The number of anilines is 1. The van der Waals surface area contributed by atoms with Crippen LogP contribution in [0.5, 0.6) is 0 Å². The van der Waals surface area contributed by atoms with E-state index in [0.29, 0.717) is 5.02 Å². The minimum atomic E-state index is -0.805. The number of halogens is 3. The Kier molecular flexibility index (Phi) is 4.98. The zero-order chi connectivity index (χ0) is 14.5. The first kappa shape index (κ1) is 14.8. The molecule has 0 saturated carbocycles. The van der Waals surface area contributed by atoms with Gasteiger partial charge in [0.15, 0.2) is 0 Å². The van der Waals surface area contributed by atoms with Gasteiger partial charge in [0.25, 0.3) is 0 Å². The third-order valence-corrected chi connectivity index (χ3v) is 3.92. The van der Waals surface area contributed by atoms with Crippen LogP contribution in [0.1, 0.15) is 0 Å². The molecular formula is C14H10ClF2NOS. The van der Waals surface area contributed by atoms with Crippen LogP contribution in [0.2, 0.25) is 5.02 Å². The molecule has 0 aromatic heterocycles. The van der Waals surface area contributed by atoms with Gasteiger partial charge in [-0.1, -0.05) is 23.7 Å². The molecule has 0 heterocycles. The summed E-state index contributed by atoms with van der Waals surface area (Å²) in [4.78, 5) is 12.5. The Bertz CT molecular complexity index is 636. The van der Waals surface area contributed by atoms with Crippen LogP contribution in [-0.4, -0.2) is 11.7 Å². The van der Waals surface area contributed by atoms with Crippen LogP contribution in [-0.2, 0) is 4.79 Å². The Balaban J connectivity index is 1.94. The van der Waals surface area contributed by atoms with E-state index in [-0.39, 0.29) is 17.3 Å². The minimum Gasteiger partial charge on any atom is -0.323 e. The van der Waals surface area contributed by atoms with E-state index in [9.17, 15) is 13.6 Å². The van der Waals surface area contributed by atoms with E-state index < -0.39 is 11.6 Å². The Hall–Kier alpha value is -1.59. The summed E-state index contributed by atoms with van der Waals surface area (Å²) in [6.07, 6.45) is 0. The van der Waals surface area contributed by atoms with Gasteiger partial charge in [-0.3, -0.25) is 4.79 Å². The molecule has 0 saturated heterocycles. The maximum absolute atomic E-state index is 13.4. The van der Waals surface area contributed by atoms with Crippen molar-refractivity contribution >= 4 is 35.0 Å². The molecular weight excluding hydrogens is 304 g/mol. The summed E-state index contributed by atoms with van der Waals surface area (Å²) in [5.41, 5.74) is -0.0452. The van der Waals surface area contributed by atoms with E-state index in [1.807, 2.05) is 6.07 Å². The Labute approximate surface area is 124 Å². The van der Waals surface area contributed by atoms with Crippen molar-refractivity contribution in [2.75, 3.05) is 11.1 Å². The molecule has 0 radical (unpaired) electrons. The van der Waals surface area contributed by atoms with Gasteiger partial charge in [-0.2, -0.15) is 0 Å². The summed E-state index contributed by atoms with van der Waals surface area (Å²) in [6, 6.07) is 10.1. The molecule has 0 unspecified atom stereocenters. The van der Waals surface area contributed by atoms with E-state index in [4.69, 9.17) is 11.6 Å². The van der Waals surface area contributed by atoms with Gasteiger partial charge in [-0.25, -0.2) is 8.78 Å². The van der Waals surface area contributed by atoms with Crippen LogP contribution >= 0.6 is 23.4 Å². The van der Waals surface area contributed by atoms with Gasteiger partial charge in [-0.05, 0) is 24.3 Å². The zero-order valence-electron chi connectivity index (χ0n) is 10.2. The van der Waals surface area contributed by atoms with Crippen LogP contribution in [0, 0.1) is 11.6 Å². The number of hydrogen-bond acceptors (Lipinski definition) is 2. The van der Waals surface area contributed by atoms with E-state index in [2.05, 4.69) is 5.32 Å². The van der Waals surface area contributed by atoms with Crippen molar-refractivity contribution in [1.29, 1.82) is 0 Å². The first-order chi connectivity index (χ1) is 9.56. The lowest BCUT2D eigenvalue weighted by Crippen LogP contribution is -2.15. The van der Waals surface area contributed by atoms with Crippen molar-refractivity contribution < 1.29 is 13.6 Å². The summed E-state index contributed by atoms with van der Waals surface area (Å²) < 4.78 is 26.1. The third kappa shape index (κ3) is 3.95. The Morgan fingerprint density at radius 3 is 2.65 bits per heavy atom. The summed E-state index contributed by atoms with van der Waals surface area (Å²) in [5, 5.41) is 2.94. The second kappa shape index (κ2) is 6.72. The molecule has 0 atom stereocenters. The third-order valence-electron chi connectivity index (χ3n) is 2.40. The van der Waals surface area contributed by atoms with E-state index in [1.54, 1.807) is 18.2 Å². The molecule has 6 heteroatoms. The molecule has 2 rings (SSSR count).